The van der Waals surface area contributed by atoms with Crippen molar-refractivity contribution in [3.05, 3.63) is 24.0 Å². The zero-order chi connectivity index (χ0) is 14.5. The minimum atomic E-state index is 0.494. The van der Waals surface area contributed by atoms with Crippen LogP contribution in [0.4, 0.5) is 5.69 Å². The Kier molecular flexibility index (Phi) is 5.38. The molecule has 2 rings (SSSR count). The first-order chi connectivity index (χ1) is 9.60. The van der Waals surface area contributed by atoms with Gasteiger partial charge in [0.15, 0.2) is 0 Å². The summed E-state index contributed by atoms with van der Waals surface area (Å²) in [5.41, 5.74) is 2.44. The molecule has 1 fully saturated rings. The quantitative estimate of drug-likeness (QED) is 0.892. The van der Waals surface area contributed by atoms with E-state index in [1.54, 1.807) is 0 Å². The number of hydrogen-bond acceptors (Lipinski definition) is 4. The molecule has 1 aromatic rings. The molecule has 0 radical (unpaired) electrons. The van der Waals surface area contributed by atoms with Crippen molar-refractivity contribution in [2.24, 2.45) is 0 Å². The van der Waals surface area contributed by atoms with E-state index in [1.807, 2.05) is 6.20 Å². The molecular weight excluding hydrogens is 248 g/mol. The topological polar surface area (TPSA) is 31.4 Å². The van der Waals surface area contributed by atoms with Crippen LogP contribution < -0.4 is 10.2 Å². The summed E-state index contributed by atoms with van der Waals surface area (Å²) >= 11 is 0. The molecule has 0 saturated carbocycles. The Morgan fingerprint density at radius 2 is 2.20 bits per heavy atom. The molecule has 0 bridgehead atoms. The van der Waals surface area contributed by atoms with Gasteiger partial charge in [-0.05, 0) is 25.6 Å². The predicted octanol–water partition coefficient (Wildman–Crippen LogP) is 2.11. The molecule has 4 heteroatoms. The van der Waals surface area contributed by atoms with Crippen LogP contribution in [-0.2, 0) is 6.54 Å². The van der Waals surface area contributed by atoms with Crippen molar-refractivity contribution in [3.8, 4) is 0 Å². The van der Waals surface area contributed by atoms with Crippen LogP contribution in [0.1, 0.15) is 32.9 Å². The van der Waals surface area contributed by atoms with Gasteiger partial charge >= 0.3 is 0 Å². The van der Waals surface area contributed by atoms with E-state index in [-0.39, 0.29) is 0 Å². The van der Waals surface area contributed by atoms with Gasteiger partial charge in [-0.25, -0.2) is 0 Å². The van der Waals surface area contributed by atoms with Crippen molar-refractivity contribution in [1.29, 1.82) is 0 Å². The lowest BCUT2D eigenvalue weighted by molar-refractivity contribution is 0.213. The molecule has 0 aliphatic carbocycles. The van der Waals surface area contributed by atoms with Gasteiger partial charge in [0.25, 0.3) is 0 Å². The van der Waals surface area contributed by atoms with Gasteiger partial charge in [0.1, 0.15) is 0 Å². The Balaban J connectivity index is 2.03. The van der Waals surface area contributed by atoms with E-state index in [2.05, 4.69) is 60.1 Å². The number of aromatic nitrogens is 1. The summed E-state index contributed by atoms with van der Waals surface area (Å²) in [5.74, 6) is 0. The van der Waals surface area contributed by atoms with Gasteiger partial charge in [-0.3, -0.25) is 9.88 Å². The van der Waals surface area contributed by atoms with Crippen molar-refractivity contribution in [1.82, 2.24) is 15.2 Å². The molecule has 0 amide bonds. The molecule has 1 N–H and O–H groups in total. The van der Waals surface area contributed by atoms with Crippen LogP contribution in [0.25, 0.3) is 0 Å². The molecule has 1 saturated heterocycles. The molecule has 20 heavy (non-hydrogen) atoms. The summed E-state index contributed by atoms with van der Waals surface area (Å²) < 4.78 is 0. The zero-order valence-corrected chi connectivity index (χ0v) is 13.3. The number of rotatable bonds is 5. The lowest BCUT2D eigenvalue weighted by Crippen LogP contribution is -2.51. The molecule has 1 unspecified atom stereocenters. The molecular formula is C16H28N4. The van der Waals surface area contributed by atoms with Crippen LogP contribution >= 0.6 is 0 Å². The maximum absolute atomic E-state index is 4.46. The van der Waals surface area contributed by atoms with Crippen LogP contribution in [-0.4, -0.2) is 48.6 Å². The van der Waals surface area contributed by atoms with Gasteiger partial charge in [0.2, 0.25) is 0 Å². The van der Waals surface area contributed by atoms with Crippen molar-refractivity contribution in [2.45, 2.75) is 45.8 Å². The largest absolute Gasteiger partial charge is 0.369 e. The number of piperazine rings is 1. The molecule has 1 aliphatic heterocycles. The van der Waals surface area contributed by atoms with Gasteiger partial charge in [-0.2, -0.15) is 0 Å². The van der Waals surface area contributed by atoms with Gasteiger partial charge in [-0.1, -0.05) is 20.8 Å². The van der Waals surface area contributed by atoms with Crippen molar-refractivity contribution in [3.63, 3.8) is 0 Å². The Labute approximate surface area is 123 Å². The molecule has 0 spiro atoms. The molecule has 2 heterocycles. The van der Waals surface area contributed by atoms with E-state index in [0.717, 1.165) is 31.9 Å². The van der Waals surface area contributed by atoms with Gasteiger partial charge in [-0.15, -0.1) is 0 Å². The second kappa shape index (κ2) is 7.04. The summed E-state index contributed by atoms with van der Waals surface area (Å²) in [5, 5.41) is 3.43. The summed E-state index contributed by atoms with van der Waals surface area (Å²) in [4.78, 5) is 9.43. The fraction of sp³-hybridized carbons (Fsp3) is 0.688. The minimum absolute atomic E-state index is 0.494. The summed E-state index contributed by atoms with van der Waals surface area (Å²) in [6.07, 6.45) is 3.14. The fourth-order valence-corrected chi connectivity index (χ4v) is 2.69. The maximum atomic E-state index is 4.46. The smallest absolute Gasteiger partial charge is 0.0562 e. The third kappa shape index (κ3) is 3.93. The Morgan fingerprint density at radius 3 is 2.90 bits per heavy atom. The van der Waals surface area contributed by atoms with Crippen molar-refractivity contribution < 1.29 is 0 Å². The van der Waals surface area contributed by atoms with E-state index in [4.69, 9.17) is 0 Å². The van der Waals surface area contributed by atoms with E-state index in [9.17, 15) is 0 Å². The number of likely N-dealkylation sites (N-methyl/N-ethyl adjacent to an activating group) is 1. The molecule has 1 aliphatic rings. The summed E-state index contributed by atoms with van der Waals surface area (Å²) in [6, 6.07) is 5.52. The number of nitrogens with zero attached hydrogens (tertiary/aromatic N) is 3. The van der Waals surface area contributed by atoms with Crippen LogP contribution in [0, 0.1) is 0 Å². The lowest BCUT2D eigenvalue weighted by atomic mass is 10.1. The van der Waals surface area contributed by atoms with Gasteiger partial charge in [0.05, 0.1) is 5.69 Å². The predicted molar refractivity (Wildman–Crippen MR) is 85.1 cm³/mol. The zero-order valence-electron chi connectivity index (χ0n) is 13.3. The highest BCUT2D eigenvalue weighted by atomic mass is 15.3. The average Bonchev–Trinajstić information content (AvgIpc) is 2.46. The first-order valence-corrected chi connectivity index (χ1v) is 7.73. The lowest BCUT2D eigenvalue weighted by Gasteiger charge is -2.40. The van der Waals surface area contributed by atoms with Gasteiger partial charge < -0.3 is 10.2 Å². The highest BCUT2D eigenvalue weighted by molar-refractivity contribution is 5.47. The number of anilines is 1. The molecule has 0 aromatic carbocycles. The van der Waals surface area contributed by atoms with Crippen LogP contribution in [0.2, 0.25) is 0 Å². The second-order valence-corrected chi connectivity index (χ2v) is 6.03. The summed E-state index contributed by atoms with van der Waals surface area (Å²) in [7, 11) is 2.23. The highest BCUT2D eigenvalue weighted by Gasteiger charge is 2.23. The van der Waals surface area contributed by atoms with E-state index < -0.39 is 0 Å². The van der Waals surface area contributed by atoms with Crippen LogP contribution in [0.5, 0.6) is 0 Å². The SMILES string of the molecule is CCC1CN(c2ccnc(CNC(C)C)c2)CCN1C. The second-order valence-electron chi connectivity index (χ2n) is 6.03. The normalized spacial score (nSPS) is 20.6. The fourth-order valence-electron chi connectivity index (χ4n) is 2.69. The van der Waals surface area contributed by atoms with Crippen LogP contribution in [0.3, 0.4) is 0 Å². The number of nitrogens with one attached hydrogen (secondary N) is 1. The van der Waals surface area contributed by atoms with Crippen molar-refractivity contribution in [2.75, 3.05) is 31.6 Å². The molecule has 4 nitrogen and oxygen atoms in total. The average molecular weight is 276 g/mol. The highest BCUT2D eigenvalue weighted by Crippen LogP contribution is 2.20. The van der Waals surface area contributed by atoms with E-state index in [1.165, 1.54) is 12.1 Å². The van der Waals surface area contributed by atoms with Crippen LogP contribution in [0.15, 0.2) is 18.3 Å². The first kappa shape index (κ1) is 15.3. The third-order valence-electron chi connectivity index (χ3n) is 4.11. The molecule has 112 valence electrons. The maximum Gasteiger partial charge on any atom is 0.0562 e. The van der Waals surface area contributed by atoms with E-state index >= 15 is 0 Å². The minimum Gasteiger partial charge on any atom is -0.369 e. The molecule has 1 atom stereocenters. The number of pyridine rings is 1. The first-order valence-electron chi connectivity index (χ1n) is 7.73. The molecule has 1 aromatic heterocycles. The van der Waals surface area contributed by atoms with E-state index in [0.29, 0.717) is 12.1 Å². The monoisotopic (exact) mass is 276 g/mol. The Morgan fingerprint density at radius 1 is 1.40 bits per heavy atom. The summed E-state index contributed by atoms with van der Waals surface area (Å²) in [6.45, 7) is 10.8. The standard InChI is InChI=1S/C16H28N4/c1-5-15-12-20(9-8-19(15)4)16-6-7-17-14(10-16)11-18-13(2)3/h6-7,10,13,15,18H,5,8-9,11-12H2,1-4H3. The van der Waals surface area contributed by atoms with Crippen molar-refractivity contribution >= 4 is 5.69 Å². The number of hydrogen-bond donors (Lipinski definition) is 1. The Bertz CT molecular complexity index is 419. The van der Waals surface area contributed by atoms with Gasteiger partial charge in [0, 0.05) is 50.1 Å². The third-order valence-corrected chi connectivity index (χ3v) is 4.11. The Hall–Kier alpha value is -1.13.